The predicted octanol–water partition coefficient (Wildman–Crippen LogP) is 1.66. The second-order valence-electron chi connectivity index (χ2n) is 3.69. The topological polar surface area (TPSA) is 73.1 Å². The minimum Gasteiger partial charge on any atom is -0.445 e. The third-order valence-electron chi connectivity index (χ3n) is 2.31. The predicted molar refractivity (Wildman–Crippen MR) is 61.1 cm³/mol. The average molecular weight is 252 g/mol. The van der Waals surface area contributed by atoms with Gasteiger partial charge in [-0.15, -0.1) is 0 Å². The van der Waals surface area contributed by atoms with E-state index in [0.29, 0.717) is 17.3 Å². The summed E-state index contributed by atoms with van der Waals surface area (Å²) >= 11 is 0. The molecule has 17 heavy (non-hydrogen) atoms. The molecule has 0 aliphatic rings. The number of hydrogen-bond donors (Lipinski definition) is 0. The van der Waals surface area contributed by atoms with Crippen LogP contribution in [-0.2, 0) is 15.6 Å². The number of oxazole rings is 1. The van der Waals surface area contributed by atoms with E-state index in [1.807, 2.05) is 0 Å². The monoisotopic (exact) mass is 252 g/mol. The summed E-state index contributed by atoms with van der Waals surface area (Å²) in [4.78, 5) is 8.03. The summed E-state index contributed by atoms with van der Waals surface area (Å²) in [6.07, 6.45) is 2.86. The van der Waals surface area contributed by atoms with Crippen LogP contribution < -0.4 is 0 Å². The van der Waals surface area contributed by atoms with Gasteiger partial charge in [0, 0.05) is 19.3 Å². The fourth-order valence-corrected chi connectivity index (χ4v) is 2.78. The summed E-state index contributed by atoms with van der Waals surface area (Å²) < 4.78 is 29.3. The molecular formula is C11H12N2O3S. The van der Waals surface area contributed by atoms with Crippen molar-refractivity contribution >= 4 is 9.84 Å². The van der Waals surface area contributed by atoms with Crippen LogP contribution in [0.3, 0.4) is 0 Å². The summed E-state index contributed by atoms with van der Waals surface area (Å²) in [5.74, 6) is 0.663. The first-order valence-corrected chi connectivity index (χ1v) is 6.70. The van der Waals surface area contributed by atoms with E-state index in [2.05, 4.69) is 9.97 Å². The lowest BCUT2D eigenvalue weighted by molar-refractivity contribution is 0.485. The molecule has 0 amide bonds. The van der Waals surface area contributed by atoms with Gasteiger partial charge in [0.25, 0.3) is 0 Å². The first kappa shape index (κ1) is 11.8. The minimum absolute atomic E-state index is 0.188. The molecule has 0 radical (unpaired) electrons. The molecule has 0 fully saturated rings. The Kier molecular flexibility index (Phi) is 2.97. The molecule has 0 aliphatic heterocycles. The van der Waals surface area contributed by atoms with E-state index in [0.717, 1.165) is 0 Å². The van der Waals surface area contributed by atoms with Crippen molar-refractivity contribution in [1.29, 1.82) is 0 Å². The highest BCUT2D eigenvalue weighted by molar-refractivity contribution is 7.90. The van der Waals surface area contributed by atoms with E-state index in [1.165, 1.54) is 18.5 Å². The maximum atomic E-state index is 12.0. The van der Waals surface area contributed by atoms with Crippen molar-refractivity contribution in [2.45, 2.75) is 24.5 Å². The molecule has 6 heteroatoms. The molecule has 2 aromatic rings. The first-order chi connectivity index (χ1) is 7.99. The third kappa shape index (κ3) is 2.52. The molecule has 0 saturated carbocycles. The third-order valence-corrected chi connectivity index (χ3v) is 3.92. The summed E-state index contributed by atoms with van der Waals surface area (Å²) in [5.41, 5.74) is 0.606. The lowest BCUT2D eigenvalue weighted by Gasteiger charge is -2.01. The summed E-state index contributed by atoms with van der Waals surface area (Å²) in [6, 6.07) is 3.10. The van der Waals surface area contributed by atoms with Crippen LogP contribution in [0.4, 0.5) is 0 Å². The zero-order chi connectivity index (χ0) is 12.5. The van der Waals surface area contributed by atoms with Crippen molar-refractivity contribution in [3.8, 4) is 0 Å². The average Bonchev–Trinajstić information content (AvgIpc) is 2.58. The Morgan fingerprint density at radius 1 is 1.35 bits per heavy atom. The van der Waals surface area contributed by atoms with Gasteiger partial charge in [0.2, 0.25) is 0 Å². The van der Waals surface area contributed by atoms with Crippen LogP contribution in [-0.4, -0.2) is 18.4 Å². The smallest absolute Gasteiger partial charge is 0.191 e. The van der Waals surface area contributed by atoms with E-state index in [-0.39, 0.29) is 10.6 Å². The Hall–Kier alpha value is -1.69. The first-order valence-electron chi connectivity index (χ1n) is 5.05. The fourth-order valence-electron chi connectivity index (χ4n) is 1.49. The van der Waals surface area contributed by atoms with Gasteiger partial charge in [-0.3, -0.25) is 4.98 Å². The zero-order valence-corrected chi connectivity index (χ0v) is 10.4. The van der Waals surface area contributed by atoms with Gasteiger partial charge < -0.3 is 4.42 Å². The van der Waals surface area contributed by atoms with Gasteiger partial charge in [0.15, 0.2) is 15.7 Å². The van der Waals surface area contributed by atoms with Gasteiger partial charge in [0.1, 0.15) is 11.5 Å². The van der Waals surface area contributed by atoms with Crippen molar-refractivity contribution in [3.05, 3.63) is 41.9 Å². The summed E-state index contributed by atoms with van der Waals surface area (Å²) in [5, 5.41) is 0. The highest BCUT2D eigenvalue weighted by atomic mass is 32.2. The molecule has 0 bridgehead atoms. The van der Waals surface area contributed by atoms with Crippen LogP contribution in [0.5, 0.6) is 0 Å². The largest absolute Gasteiger partial charge is 0.445 e. The zero-order valence-electron chi connectivity index (χ0n) is 9.54. The molecule has 0 aliphatic carbocycles. The van der Waals surface area contributed by atoms with Gasteiger partial charge in [-0.1, -0.05) is 0 Å². The minimum atomic E-state index is -3.42. The Morgan fingerprint density at radius 2 is 2.12 bits per heavy atom. The number of aromatic nitrogens is 2. The van der Waals surface area contributed by atoms with Gasteiger partial charge in [-0.05, 0) is 19.1 Å². The van der Waals surface area contributed by atoms with E-state index in [9.17, 15) is 8.42 Å². The second kappa shape index (κ2) is 4.29. The maximum absolute atomic E-state index is 12.0. The second-order valence-corrected chi connectivity index (χ2v) is 5.68. The fraction of sp³-hybridized carbons (Fsp3) is 0.273. The van der Waals surface area contributed by atoms with Gasteiger partial charge in [-0.2, -0.15) is 0 Å². The van der Waals surface area contributed by atoms with E-state index in [4.69, 9.17) is 4.42 Å². The van der Waals surface area contributed by atoms with E-state index < -0.39 is 9.84 Å². The summed E-state index contributed by atoms with van der Waals surface area (Å²) in [7, 11) is -3.42. The number of hydrogen-bond acceptors (Lipinski definition) is 5. The quantitative estimate of drug-likeness (QED) is 0.830. The Bertz CT molecular complexity index is 617. The molecule has 2 rings (SSSR count). The number of rotatable bonds is 3. The van der Waals surface area contributed by atoms with Gasteiger partial charge >= 0.3 is 0 Å². The van der Waals surface area contributed by atoms with Crippen molar-refractivity contribution in [2.24, 2.45) is 0 Å². The lowest BCUT2D eigenvalue weighted by Crippen LogP contribution is -2.05. The van der Waals surface area contributed by atoms with Crippen molar-refractivity contribution < 1.29 is 12.8 Å². The van der Waals surface area contributed by atoms with Crippen molar-refractivity contribution in [3.63, 3.8) is 0 Å². The van der Waals surface area contributed by atoms with Crippen LogP contribution in [0, 0.1) is 13.8 Å². The molecule has 0 aromatic carbocycles. The molecule has 2 heterocycles. The van der Waals surface area contributed by atoms with Crippen LogP contribution in [0.25, 0.3) is 0 Å². The molecule has 0 atom stereocenters. The van der Waals surface area contributed by atoms with Crippen LogP contribution >= 0.6 is 0 Å². The van der Waals surface area contributed by atoms with Crippen molar-refractivity contribution in [2.75, 3.05) is 0 Å². The molecule has 0 saturated heterocycles. The van der Waals surface area contributed by atoms with Crippen molar-refractivity contribution in [1.82, 2.24) is 9.97 Å². The van der Waals surface area contributed by atoms with Crippen LogP contribution in [0.15, 0.2) is 33.8 Å². The Morgan fingerprint density at radius 3 is 2.65 bits per heavy atom. The molecular weight excluding hydrogens is 240 g/mol. The number of sulfone groups is 1. The Labute approximate surface area is 99.4 Å². The molecule has 90 valence electrons. The molecule has 0 N–H and O–H groups in total. The number of nitrogens with zero attached hydrogens (tertiary/aromatic N) is 2. The van der Waals surface area contributed by atoms with Crippen LogP contribution in [0.2, 0.25) is 0 Å². The molecule has 5 nitrogen and oxygen atoms in total. The standard InChI is InChI=1S/C11H12N2O3S/c1-8-11(16-9(2)13-8)7-17(14,15)10-4-3-5-12-6-10/h3-6H,7H2,1-2H3. The molecule has 0 spiro atoms. The number of aryl methyl sites for hydroxylation is 2. The number of pyridine rings is 1. The Balaban J connectivity index is 2.33. The summed E-state index contributed by atoms with van der Waals surface area (Å²) in [6.45, 7) is 3.41. The SMILES string of the molecule is Cc1nc(C)c(CS(=O)(=O)c2cccnc2)o1. The highest BCUT2D eigenvalue weighted by Gasteiger charge is 2.19. The molecule has 2 aromatic heterocycles. The van der Waals surface area contributed by atoms with Gasteiger partial charge in [-0.25, -0.2) is 13.4 Å². The van der Waals surface area contributed by atoms with E-state index in [1.54, 1.807) is 19.9 Å². The maximum Gasteiger partial charge on any atom is 0.191 e. The van der Waals surface area contributed by atoms with Gasteiger partial charge in [0.05, 0.1) is 10.6 Å². The molecule has 0 unspecified atom stereocenters. The lowest BCUT2D eigenvalue weighted by atomic mass is 10.4. The van der Waals surface area contributed by atoms with Crippen LogP contribution in [0.1, 0.15) is 17.3 Å². The van der Waals surface area contributed by atoms with E-state index >= 15 is 0 Å². The normalized spacial score (nSPS) is 11.6. The highest BCUT2D eigenvalue weighted by Crippen LogP contribution is 2.18.